The number of carbonyl (C=O) groups is 1. The molecule has 0 unspecified atom stereocenters. The second kappa shape index (κ2) is 4.07. The van der Waals surface area contributed by atoms with E-state index in [1.54, 1.807) is 5.71 Å². The molecule has 3 nitrogen and oxygen atoms in total. The van der Waals surface area contributed by atoms with Gasteiger partial charge in [0.1, 0.15) is 13.1 Å². The van der Waals surface area contributed by atoms with Gasteiger partial charge in [-0.05, 0) is 25.7 Å². The van der Waals surface area contributed by atoms with Gasteiger partial charge >= 0.3 is 0 Å². The van der Waals surface area contributed by atoms with Crippen molar-refractivity contribution in [2.75, 3.05) is 19.6 Å². The summed E-state index contributed by atoms with van der Waals surface area (Å²) in [6.45, 7) is 3.55. The summed E-state index contributed by atoms with van der Waals surface area (Å²) in [5.41, 5.74) is 1.69. The third-order valence-electron chi connectivity index (χ3n) is 5.60. The van der Waals surface area contributed by atoms with Crippen LogP contribution in [-0.2, 0) is 4.79 Å². The largest absolute Gasteiger partial charge is 0.338 e. The predicted octanol–water partition coefficient (Wildman–Crippen LogP) is 1.65. The molecule has 1 amide bonds. The van der Waals surface area contributed by atoms with Crippen LogP contribution in [0.1, 0.15) is 44.9 Å². The number of piperidine rings is 2. The van der Waals surface area contributed by atoms with Gasteiger partial charge in [0.05, 0.1) is 5.92 Å². The Hall–Kier alpha value is -0.860. The van der Waals surface area contributed by atoms with E-state index < -0.39 is 0 Å². The summed E-state index contributed by atoms with van der Waals surface area (Å²) in [5.74, 6) is 1.89. The summed E-state index contributed by atoms with van der Waals surface area (Å²) in [6.07, 6.45) is 8.57. The van der Waals surface area contributed by atoms with Crippen LogP contribution >= 0.6 is 0 Å². The summed E-state index contributed by atoms with van der Waals surface area (Å²) in [7, 11) is 0. The van der Waals surface area contributed by atoms with E-state index in [4.69, 9.17) is 0 Å². The minimum absolute atomic E-state index is 0.436. The molecule has 0 aromatic rings. The van der Waals surface area contributed by atoms with Crippen molar-refractivity contribution in [1.82, 2.24) is 4.90 Å². The quantitative estimate of drug-likeness (QED) is 0.597. The van der Waals surface area contributed by atoms with E-state index in [1.165, 1.54) is 45.2 Å². The molecular formula is C15H23N2O+. The summed E-state index contributed by atoms with van der Waals surface area (Å²) in [4.78, 5) is 14.4. The van der Waals surface area contributed by atoms with Crippen molar-refractivity contribution in [3.05, 3.63) is 0 Å². The van der Waals surface area contributed by atoms with Crippen molar-refractivity contribution in [2.45, 2.75) is 51.0 Å². The molecule has 18 heavy (non-hydrogen) atoms. The van der Waals surface area contributed by atoms with Gasteiger partial charge in [-0.3, -0.25) is 4.79 Å². The highest BCUT2D eigenvalue weighted by atomic mass is 16.2. The minimum atomic E-state index is 0.436. The van der Waals surface area contributed by atoms with Crippen LogP contribution in [-0.4, -0.2) is 46.8 Å². The summed E-state index contributed by atoms with van der Waals surface area (Å²) in [5, 5.41) is 0. The zero-order valence-corrected chi connectivity index (χ0v) is 11.1. The van der Waals surface area contributed by atoms with E-state index in [9.17, 15) is 4.79 Å². The van der Waals surface area contributed by atoms with Crippen LogP contribution in [0.4, 0.5) is 0 Å². The Labute approximate surface area is 109 Å². The number of rotatable bonds is 0. The topological polar surface area (TPSA) is 23.3 Å². The fourth-order valence-electron chi connectivity index (χ4n) is 4.81. The zero-order chi connectivity index (χ0) is 12.1. The Morgan fingerprint density at radius 3 is 3.06 bits per heavy atom. The maximum Gasteiger partial charge on any atom is 0.222 e. The first-order chi connectivity index (χ1) is 8.83. The SMILES string of the molecule is O=C1CCC[C@H]2[C@H]3C[C@@H](CN12)C1=[N+](CCCC1)C3. The van der Waals surface area contributed by atoms with E-state index in [0.29, 0.717) is 17.9 Å². The third-order valence-corrected chi connectivity index (χ3v) is 5.60. The summed E-state index contributed by atoms with van der Waals surface area (Å²) >= 11 is 0. The average molecular weight is 247 g/mol. The molecule has 0 N–H and O–H groups in total. The molecule has 98 valence electrons. The van der Waals surface area contributed by atoms with Crippen molar-refractivity contribution in [1.29, 1.82) is 0 Å². The Bertz CT molecular complexity index is 415. The van der Waals surface area contributed by atoms with Crippen LogP contribution < -0.4 is 0 Å². The highest BCUT2D eigenvalue weighted by Crippen LogP contribution is 2.38. The highest BCUT2D eigenvalue weighted by molar-refractivity contribution is 5.85. The highest BCUT2D eigenvalue weighted by Gasteiger charge is 2.48. The predicted molar refractivity (Wildman–Crippen MR) is 69.8 cm³/mol. The smallest absolute Gasteiger partial charge is 0.222 e. The lowest BCUT2D eigenvalue weighted by Gasteiger charge is -2.48. The van der Waals surface area contributed by atoms with E-state index in [0.717, 1.165) is 25.3 Å². The van der Waals surface area contributed by atoms with Crippen LogP contribution in [0.15, 0.2) is 0 Å². The number of amides is 1. The van der Waals surface area contributed by atoms with Crippen molar-refractivity contribution in [3.8, 4) is 0 Å². The number of hydrogen-bond donors (Lipinski definition) is 0. The van der Waals surface area contributed by atoms with Gasteiger partial charge in [0.2, 0.25) is 5.91 Å². The lowest BCUT2D eigenvalue weighted by Crippen LogP contribution is -2.60. The summed E-state index contributed by atoms with van der Waals surface area (Å²) in [6, 6.07) is 0.575. The number of fused-ring (bicyclic) bond motifs is 5. The van der Waals surface area contributed by atoms with Crippen LogP contribution in [0.3, 0.4) is 0 Å². The average Bonchev–Trinajstić information content (AvgIpc) is 2.40. The van der Waals surface area contributed by atoms with Crippen molar-refractivity contribution >= 4 is 11.6 Å². The Kier molecular flexibility index (Phi) is 2.49. The molecule has 4 aliphatic rings. The lowest BCUT2D eigenvalue weighted by atomic mass is 9.73. The number of hydrogen-bond acceptors (Lipinski definition) is 1. The zero-order valence-electron chi connectivity index (χ0n) is 11.1. The van der Waals surface area contributed by atoms with Crippen molar-refractivity contribution < 1.29 is 9.37 Å². The molecule has 2 bridgehead atoms. The number of nitrogens with zero attached hydrogens (tertiary/aromatic N) is 2. The van der Waals surface area contributed by atoms with Gasteiger partial charge in [0.25, 0.3) is 0 Å². The number of carbonyl (C=O) groups excluding carboxylic acids is 1. The second-order valence-corrected chi connectivity index (χ2v) is 6.59. The van der Waals surface area contributed by atoms with Gasteiger partial charge in [0.15, 0.2) is 5.71 Å². The fourth-order valence-corrected chi connectivity index (χ4v) is 4.81. The van der Waals surface area contributed by atoms with Gasteiger partial charge in [-0.15, -0.1) is 0 Å². The van der Waals surface area contributed by atoms with Crippen LogP contribution in [0, 0.1) is 11.8 Å². The van der Waals surface area contributed by atoms with Gasteiger partial charge in [0, 0.05) is 37.8 Å². The van der Waals surface area contributed by atoms with E-state index >= 15 is 0 Å². The molecule has 4 aliphatic heterocycles. The first kappa shape index (κ1) is 11.0. The molecule has 3 atom stereocenters. The first-order valence-electron chi connectivity index (χ1n) is 7.73. The van der Waals surface area contributed by atoms with Crippen molar-refractivity contribution in [2.24, 2.45) is 11.8 Å². The van der Waals surface area contributed by atoms with Gasteiger partial charge in [-0.1, -0.05) is 0 Å². The van der Waals surface area contributed by atoms with E-state index in [2.05, 4.69) is 9.48 Å². The molecule has 0 aromatic heterocycles. The summed E-state index contributed by atoms with van der Waals surface area (Å²) < 4.78 is 2.68. The Balaban J connectivity index is 1.67. The molecule has 0 saturated carbocycles. The lowest BCUT2D eigenvalue weighted by molar-refractivity contribution is -0.551. The van der Waals surface area contributed by atoms with Crippen LogP contribution in [0.25, 0.3) is 0 Å². The van der Waals surface area contributed by atoms with Crippen molar-refractivity contribution in [3.63, 3.8) is 0 Å². The Morgan fingerprint density at radius 1 is 1.17 bits per heavy atom. The first-order valence-corrected chi connectivity index (χ1v) is 7.73. The molecule has 0 spiro atoms. The maximum atomic E-state index is 12.1. The molecule has 0 aliphatic carbocycles. The normalized spacial score (nSPS) is 39.4. The second-order valence-electron chi connectivity index (χ2n) is 6.59. The molecule has 2 fully saturated rings. The third kappa shape index (κ3) is 1.55. The fraction of sp³-hybridized carbons (Fsp3) is 0.867. The monoisotopic (exact) mass is 247 g/mol. The molecule has 3 heteroatoms. The van der Waals surface area contributed by atoms with Gasteiger partial charge in [-0.25, -0.2) is 4.58 Å². The molecular weight excluding hydrogens is 224 g/mol. The molecule has 2 saturated heterocycles. The van der Waals surface area contributed by atoms with Gasteiger partial charge < -0.3 is 4.90 Å². The molecule has 4 rings (SSSR count). The molecule has 0 aromatic carbocycles. The van der Waals surface area contributed by atoms with E-state index in [1.807, 2.05) is 0 Å². The molecule has 4 heterocycles. The maximum absolute atomic E-state index is 12.1. The van der Waals surface area contributed by atoms with Crippen LogP contribution in [0.2, 0.25) is 0 Å². The standard InChI is InChI=1S/C15H23N2O/c18-15-6-3-5-14-11-8-12(10-17(14)15)13-4-1-2-7-16(13)9-11/h11-12,14H,1-10H2/q+1/t11-,12-,14-/m0/s1. The Morgan fingerprint density at radius 2 is 2.11 bits per heavy atom. The molecule has 0 radical (unpaired) electrons. The van der Waals surface area contributed by atoms with Gasteiger partial charge in [-0.2, -0.15) is 0 Å². The minimum Gasteiger partial charge on any atom is -0.338 e. The van der Waals surface area contributed by atoms with Crippen LogP contribution in [0.5, 0.6) is 0 Å². The van der Waals surface area contributed by atoms with E-state index in [-0.39, 0.29) is 0 Å².